The Morgan fingerprint density at radius 3 is 2.48 bits per heavy atom. The number of Topliss-reactive ketones (excluding diaryl/α,β-unsaturated/α-hetero) is 1. The number of nitrogens with one attached hydrogen (secondary N) is 1. The standard InChI is InChI=1S/C20H22FNO3/c1-11(23)13-6-9-16-15(10-13)17(18(24)20(16,2)3)22-19(25)12-4-7-14(21)8-5-12/h4-9,13,17-18,24H,10H2,1-3H3,(H,22,25). The number of halogens is 1. The average molecular weight is 343 g/mol. The topological polar surface area (TPSA) is 66.4 Å². The number of benzene rings is 1. The fourth-order valence-corrected chi connectivity index (χ4v) is 3.70. The zero-order valence-corrected chi connectivity index (χ0v) is 14.5. The number of ketones is 1. The monoisotopic (exact) mass is 343 g/mol. The minimum Gasteiger partial charge on any atom is -0.390 e. The number of amides is 1. The third kappa shape index (κ3) is 3.04. The van der Waals surface area contributed by atoms with Gasteiger partial charge in [-0.05, 0) is 48.8 Å². The largest absolute Gasteiger partial charge is 0.390 e. The molecule has 0 heterocycles. The molecule has 3 atom stereocenters. The SMILES string of the molecule is CC(=O)C1C=CC2=C(C1)C(NC(=O)c1ccc(F)cc1)C(O)C2(C)C. The van der Waals surface area contributed by atoms with E-state index in [4.69, 9.17) is 0 Å². The number of hydrogen-bond acceptors (Lipinski definition) is 3. The third-order valence-electron chi connectivity index (χ3n) is 5.32. The molecule has 2 N–H and O–H groups in total. The van der Waals surface area contributed by atoms with E-state index in [0.29, 0.717) is 12.0 Å². The van der Waals surface area contributed by atoms with Gasteiger partial charge in [0.2, 0.25) is 0 Å². The molecule has 0 spiro atoms. The lowest BCUT2D eigenvalue weighted by Crippen LogP contribution is -2.46. The molecular formula is C20H22FNO3. The molecule has 1 aromatic rings. The van der Waals surface area contributed by atoms with Gasteiger partial charge in [0.1, 0.15) is 11.6 Å². The Morgan fingerprint density at radius 1 is 1.24 bits per heavy atom. The molecule has 2 aliphatic carbocycles. The number of carbonyl (C=O) groups excluding carboxylic acids is 2. The lowest BCUT2D eigenvalue weighted by Gasteiger charge is -2.28. The quantitative estimate of drug-likeness (QED) is 0.887. The molecule has 5 heteroatoms. The van der Waals surface area contributed by atoms with Gasteiger partial charge in [0.05, 0.1) is 12.1 Å². The van der Waals surface area contributed by atoms with Gasteiger partial charge in [-0.3, -0.25) is 9.59 Å². The average Bonchev–Trinajstić information content (AvgIpc) is 2.76. The van der Waals surface area contributed by atoms with E-state index < -0.39 is 23.4 Å². The molecule has 3 rings (SSSR count). The second-order valence-electron chi connectivity index (χ2n) is 7.34. The lowest BCUT2D eigenvalue weighted by atomic mass is 9.80. The lowest BCUT2D eigenvalue weighted by molar-refractivity contribution is -0.119. The van der Waals surface area contributed by atoms with Crippen LogP contribution in [0, 0.1) is 17.2 Å². The maximum atomic E-state index is 13.0. The summed E-state index contributed by atoms with van der Waals surface area (Å²) >= 11 is 0. The molecule has 0 fully saturated rings. The van der Waals surface area contributed by atoms with Gasteiger partial charge in [-0.25, -0.2) is 4.39 Å². The van der Waals surface area contributed by atoms with Crippen molar-refractivity contribution in [1.29, 1.82) is 0 Å². The zero-order chi connectivity index (χ0) is 18.4. The minimum absolute atomic E-state index is 0.0607. The number of rotatable bonds is 3. The van der Waals surface area contributed by atoms with Crippen LogP contribution in [-0.2, 0) is 4.79 Å². The fourth-order valence-electron chi connectivity index (χ4n) is 3.70. The molecule has 3 unspecified atom stereocenters. The second-order valence-corrected chi connectivity index (χ2v) is 7.34. The Kier molecular flexibility index (Phi) is 4.37. The van der Waals surface area contributed by atoms with E-state index in [1.807, 2.05) is 26.0 Å². The summed E-state index contributed by atoms with van der Waals surface area (Å²) in [4.78, 5) is 24.3. The smallest absolute Gasteiger partial charge is 0.251 e. The molecule has 4 nitrogen and oxygen atoms in total. The Labute approximate surface area is 146 Å². The van der Waals surface area contributed by atoms with Gasteiger partial charge in [-0.15, -0.1) is 0 Å². The maximum Gasteiger partial charge on any atom is 0.251 e. The van der Waals surface area contributed by atoms with E-state index in [2.05, 4.69) is 5.32 Å². The van der Waals surface area contributed by atoms with Crippen molar-refractivity contribution in [3.05, 3.63) is 58.9 Å². The van der Waals surface area contributed by atoms with Crippen LogP contribution >= 0.6 is 0 Å². The first-order valence-electron chi connectivity index (χ1n) is 8.38. The highest BCUT2D eigenvalue weighted by Gasteiger charge is 2.48. The highest BCUT2D eigenvalue weighted by molar-refractivity contribution is 5.94. The number of allylic oxidation sites excluding steroid dienone is 2. The summed E-state index contributed by atoms with van der Waals surface area (Å²) in [6.07, 6.45) is 3.48. The number of aliphatic hydroxyl groups excluding tert-OH is 1. The normalized spacial score (nSPS) is 27.2. The molecule has 1 amide bonds. The van der Waals surface area contributed by atoms with Crippen molar-refractivity contribution in [2.24, 2.45) is 11.3 Å². The molecule has 25 heavy (non-hydrogen) atoms. The van der Waals surface area contributed by atoms with Crippen LogP contribution in [0.1, 0.15) is 37.6 Å². The number of aliphatic hydroxyl groups is 1. The summed E-state index contributed by atoms with van der Waals surface area (Å²) in [6, 6.07) is 4.71. The minimum atomic E-state index is -0.794. The molecule has 0 radical (unpaired) electrons. The summed E-state index contributed by atoms with van der Waals surface area (Å²) < 4.78 is 13.0. The van der Waals surface area contributed by atoms with Gasteiger partial charge in [-0.1, -0.05) is 26.0 Å². The summed E-state index contributed by atoms with van der Waals surface area (Å²) in [5.41, 5.74) is 1.68. The number of hydrogen-bond donors (Lipinski definition) is 2. The zero-order valence-electron chi connectivity index (χ0n) is 14.5. The van der Waals surface area contributed by atoms with Crippen LogP contribution in [0.3, 0.4) is 0 Å². The molecule has 132 valence electrons. The van der Waals surface area contributed by atoms with Crippen LogP contribution in [-0.4, -0.2) is 28.9 Å². The highest BCUT2D eigenvalue weighted by atomic mass is 19.1. The predicted octanol–water partition coefficient (Wildman–Crippen LogP) is 2.79. The second kappa shape index (κ2) is 6.23. The molecular weight excluding hydrogens is 321 g/mol. The summed E-state index contributed by atoms with van der Waals surface area (Å²) in [6.45, 7) is 5.40. The molecule has 0 aliphatic heterocycles. The highest BCUT2D eigenvalue weighted by Crippen LogP contribution is 2.47. The van der Waals surface area contributed by atoms with Gasteiger partial charge in [0.15, 0.2) is 0 Å². The van der Waals surface area contributed by atoms with E-state index in [1.165, 1.54) is 24.3 Å². The summed E-state index contributed by atoms with van der Waals surface area (Å²) in [5.74, 6) is -0.955. The Morgan fingerprint density at radius 2 is 1.88 bits per heavy atom. The van der Waals surface area contributed by atoms with E-state index in [0.717, 1.165) is 11.1 Å². The molecule has 2 aliphatic rings. The van der Waals surface area contributed by atoms with Gasteiger partial charge < -0.3 is 10.4 Å². The molecule has 1 aromatic carbocycles. The maximum absolute atomic E-state index is 13.0. The van der Waals surface area contributed by atoms with Crippen LogP contribution in [0.5, 0.6) is 0 Å². The van der Waals surface area contributed by atoms with Crippen LogP contribution in [0.2, 0.25) is 0 Å². The Hall–Kier alpha value is -2.27. The van der Waals surface area contributed by atoms with Crippen LogP contribution in [0.25, 0.3) is 0 Å². The van der Waals surface area contributed by atoms with Crippen molar-refractivity contribution < 1.29 is 19.1 Å². The van der Waals surface area contributed by atoms with Crippen molar-refractivity contribution in [3.63, 3.8) is 0 Å². The van der Waals surface area contributed by atoms with Crippen LogP contribution < -0.4 is 5.32 Å². The molecule has 0 aromatic heterocycles. The first-order chi connectivity index (χ1) is 11.7. The molecule has 0 saturated carbocycles. The number of carbonyl (C=O) groups is 2. The van der Waals surface area contributed by atoms with E-state index in [9.17, 15) is 19.1 Å². The first-order valence-corrected chi connectivity index (χ1v) is 8.38. The van der Waals surface area contributed by atoms with E-state index >= 15 is 0 Å². The first kappa shape index (κ1) is 17.5. The van der Waals surface area contributed by atoms with Crippen molar-refractivity contribution in [2.75, 3.05) is 0 Å². The summed E-state index contributed by atoms with van der Waals surface area (Å²) in [7, 11) is 0. The van der Waals surface area contributed by atoms with Gasteiger partial charge in [0.25, 0.3) is 5.91 Å². The summed E-state index contributed by atoms with van der Waals surface area (Å²) in [5, 5.41) is 13.6. The fraction of sp³-hybridized carbons (Fsp3) is 0.400. The van der Waals surface area contributed by atoms with Crippen molar-refractivity contribution in [3.8, 4) is 0 Å². The Bertz CT molecular complexity index is 777. The van der Waals surface area contributed by atoms with Gasteiger partial charge in [0, 0.05) is 16.9 Å². The molecule has 0 bridgehead atoms. The predicted molar refractivity (Wildman–Crippen MR) is 92.4 cm³/mol. The van der Waals surface area contributed by atoms with Crippen molar-refractivity contribution in [2.45, 2.75) is 39.3 Å². The Balaban J connectivity index is 1.88. The van der Waals surface area contributed by atoms with Gasteiger partial charge in [-0.2, -0.15) is 0 Å². The van der Waals surface area contributed by atoms with E-state index in [1.54, 1.807) is 6.92 Å². The van der Waals surface area contributed by atoms with Crippen molar-refractivity contribution >= 4 is 11.7 Å². The van der Waals surface area contributed by atoms with Crippen LogP contribution in [0.4, 0.5) is 4.39 Å². The van der Waals surface area contributed by atoms with E-state index in [-0.39, 0.29) is 17.6 Å². The van der Waals surface area contributed by atoms with Crippen molar-refractivity contribution in [1.82, 2.24) is 5.32 Å². The molecule has 0 saturated heterocycles. The van der Waals surface area contributed by atoms with Crippen LogP contribution in [0.15, 0.2) is 47.6 Å². The van der Waals surface area contributed by atoms with Gasteiger partial charge >= 0.3 is 0 Å². The third-order valence-corrected chi connectivity index (χ3v) is 5.32.